The standard InChI is InChI=1S/C26H27F2N3O2.ClH/c27-19-6-5-18-9-12-30(24(18)13-19)10-1-2-11-31(15-17-3-4-17)20-14-22-21(26(29)32)7-8-23(28)25(22)33-16-20;/h5-9,12-14,17H,1-4,10-11,15-16H2,(H2,29,32);1H. The number of carbonyl (C=O) groups is 1. The highest BCUT2D eigenvalue weighted by molar-refractivity contribution is 5.98. The van der Waals surface area contributed by atoms with Crippen molar-refractivity contribution in [2.24, 2.45) is 11.7 Å². The van der Waals surface area contributed by atoms with Crippen molar-refractivity contribution in [3.05, 3.63) is 71.1 Å². The number of amides is 1. The molecule has 1 aromatic heterocycles. The summed E-state index contributed by atoms with van der Waals surface area (Å²) in [6.07, 6.45) is 8.16. The highest BCUT2D eigenvalue weighted by Gasteiger charge is 2.28. The normalized spacial score (nSPS) is 14.7. The summed E-state index contributed by atoms with van der Waals surface area (Å²) in [4.78, 5) is 14.2. The first-order valence-electron chi connectivity index (χ1n) is 11.4. The number of primary amides is 1. The maximum atomic E-state index is 14.2. The molecule has 5 nitrogen and oxygen atoms in total. The zero-order valence-corrected chi connectivity index (χ0v) is 19.6. The monoisotopic (exact) mass is 487 g/mol. The van der Waals surface area contributed by atoms with E-state index in [0.717, 1.165) is 49.1 Å². The Labute approximate surface area is 203 Å². The molecule has 1 amide bonds. The molecule has 0 spiro atoms. The molecule has 0 unspecified atom stereocenters. The lowest BCUT2D eigenvalue weighted by atomic mass is 10.0. The van der Waals surface area contributed by atoms with E-state index in [1.165, 1.54) is 31.0 Å². The van der Waals surface area contributed by atoms with Gasteiger partial charge in [0.05, 0.1) is 16.8 Å². The van der Waals surface area contributed by atoms with Crippen molar-refractivity contribution in [3.8, 4) is 5.75 Å². The number of fused-ring (bicyclic) bond motifs is 2. The molecule has 180 valence electrons. The molecule has 1 aliphatic carbocycles. The van der Waals surface area contributed by atoms with E-state index in [1.807, 2.05) is 18.3 Å². The van der Waals surface area contributed by atoms with E-state index < -0.39 is 11.7 Å². The third kappa shape index (κ3) is 5.04. The molecule has 1 saturated carbocycles. The number of aryl methyl sites for hydroxylation is 1. The average Bonchev–Trinajstić information content (AvgIpc) is 3.54. The van der Waals surface area contributed by atoms with Gasteiger partial charge in [0.25, 0.3) is 0 Å². The number of rotatable bonds is 9. The molecule has 1 aliphatic heterocycles. The predicted octanol–water partition coefficient (Wildman–Crippen LogP) is 5.37. The molecule has 5 rings (SSSR count). The van der Waals surface area contributed by atoms with Crippen LogP contribution in [0.15, 0.2) is 48.3 Å². The first kappa shape index (κ1) is 24.1. The SMILES string of the molecule is Cl.NC(=O)c1ccc(F)c2c1C=C(N(CCCCn1ccc3ccc(F)cc31)CC1CC1)CO2. The van der Waals surface area contributed by atoms with E-state index in [4.69, 9.17) is 10.5 Å². The van der Waals surface area contributed by atoms with Crippen molar-refractivity contribution in [3.63, 3.8) is 0 Å². The number of hydrogen-bond acceptors (Lipinski definition) is 3. The molecular formula is C26H28ClF2N3O2. The number of halogens is 3. The molecular weight excluding hydrogens is 460 g/mol. The summed E-state index contributed by atoms with van der Waals surface area (Å²) in [5.41, 5.74) is 8.04. The Morgan fingerprint density at radius 2 is 1.97 bits per heavy atom. The third-order valence-corrected chi connectivity index (χ3v) is 6.48. The Morgan fingerprint density at radius 1 is 1.15 bits per heavy atom. The second kappa shape index (κ2) is 10.1. The fourth-order valence-electron chi connectivity index (χ4n) is 4.52. The third-order valence-electron chi connectivity index (χ3n) is 6.48. The van der Waals surface area contributed by atoms with Gasteiger partial charge in [0.1, 0.15) is 12.4 Å². The summed E-state index contributed by atoms with van der Waals surface area (Å²) in [6, 6.07) is 9.49. The van der Waals surface area contributed by atoms with Gasteiger partial charge in [-0.1, -0.05) is 0 Å². The largest absolute Gasteiger partial charge is 0.484 e. The number of benzene rings is 2. The van der Waals surface area contributed by atoms with Gasteiger partial charge < -0.3 is 19.9 Å². The molecule has 0 bridgehead atoms. The zero-order valence-electron chi connectivity index (χ0n) is 18.8. The molecule has 34 heavy (non-hydrogen) atoms. The fraction of sp³-hybridized carbons (Fsp3) is 0.346. The van der Waals surface area contributed by atoms with Gasteiger partial charge in [-0.15, -0.1) is 12.4 Å². The van der Waals surface area contributed by atoms with Crippen molar-refractivity contribution in [2.75, 3.05) is 19.7 Å². The lowest BCUT2D eigenvalue weighted by Crippen LogP contribution is -2.31. The predicted molar refractivity (Wildman–Crippen MR) is 131 cm³/mol. The Kier molecular flexibility index (Phi) is 7.12. The van der Waals surface area contributed by atoms with Crippen LogP contribution < -0.4 is 10.5 Å². The van der Waals surface area contributed by atoms with Crippen LogP contribution in [0.25, 0.3) is 17.0 Å². The second-order valence-electron chi connectivity index (χ2n) is 8.94. The van der Waals surface area contributed by atoms with Crippen molar-refractivity contribution in [1.29, 1.82) is 0 Å². The molecule has 8 heteroatoms. The van der Waals surface area contributed by atoms with Crippen LogP contribution in [0.3, 0.4) is 0 Å². The van der Waals surface area contributed by atoms with Gasteiger partial charge in [-0.2, -0.15) is 0 Å². The molecule has 3 aromatic rings. The van der Waals surface area contributed by atoms with E-state index in [9.17, 15) is 13.6 Å². The Morgan fingerprint density at radius 3 is 2.74 bits per heavy atom. The summed E-state index contributed by atoms with van der Waals surface area (Å²) < 4.78 is 35.7. The molecule has 2 heterocycles. The van der Waals surface area contributed by atoms with Crippen molar-refractivity contribution >= 4 is 35.3 Å². The summed E-state index contributed by atoms with van der Waals surface area (Å²) in [6.45, 7) is 2.82. The molecule has 2 aliphatic rings. The number of nitrogens with two attached hydrogens (primary N) is 1. The average molecular weight is 488 g/mol. The molecule has 0 saturated heterocycles. The lowest BCUT2D eigenvalue weighted by Gasteiger charge is -2.31. The number of carbonyl (C=O) groups excluding carboxylic acids is 1. The van der Waals surface area contributed by atoms with Crippen LogP contribution >= 0.6 is 12.4 Å². The summed E-state index contributed by atoms with van der Waals surface area (Å²) in [7, 11) is 0. The Bertz CT molecular complexity index is 1240. The van der Waals surface area contributed by atoms with Gasteiger partial charge in [-0.25, -0.2) is 8.78 Å². The maximum Gasteiger partial charge on any atom is 0.249 e. The fourth-order valence-corrected chi connectivity index (χ4v) is 4.52. The van der Waals surface area contributed by atoms with Crippen molar-refractivity contribution in [2.45, 2.75) is 32.2 Å². The number of aromatic nitrogens is 1. The minimum absolute atomic E-state index is 0. The van der Waals surface area contributed by atoms with E-state index in [1.54, 1.807) is 12.1 Å². The van der Waals surface area contributed by atoms with Crippen LogP contribution in [-0.2, 0) is 6.54 Å². The van der Waals surface area contributed by atoms with Crippen LogP contribution in [0.4, 0.5) is 8.78 Å². The van der Waals surface area contributed by atoms with Gasteiger partial charge >= 0.3 is 0 Å². The topological polar surface area (TPSA) is 60.5 Å². The van der Waals surface area contributed by atoms with E-state index >= 15 is 0 Å². The summed E-state index contributed by atoms with van der Waals surface area (Å²) in [5.74, 6) is -0.569. The van der Waals surface area contributed by atoms with Crippen LogP contribution in [0, 0.1) is 17.6 Å². The first-order valence-corrected chi connectivity index (χ1v) is 11.4. The van der Waals surface area contributed by atoms with Gasteiger partial charge in [-0.3, -0.25) is 4.79 Å². The summed E-state index contributed by atoms with van der Waals surface area (Å²) >= 11 is 0. The first-order chi connectivity index (χ1) is 16.0. The molecule has 1 fully saturated rings. The van der Waals surface area contributed by atoms with E-state index in [2.05, 4.69) is 9.47 Å². The molecule has 2 N–H and O–H groups in total. The van der Waals surface area contributed by atoms with Crippen molar-refractivity contribution < 1.29 is 18.3 Å². The number of ether oxygens (including phenoxy) is 1. The van der Waals surface area contributed by atoms with Crippen molar-refractivity contribution in [1.82, 2.24) is 9.47 Å². The van der Waals surface area contributed by atoms with Crippen LogP contribution in [0.1, 0.15) is 41.6 Å². The smallest absolute Gasteiger partial charge is 0.249 e. The van der Waals surface area contributed by atoms with Crippen LogP contribution in [0.5, 0.6) is 5.75 Å². The minimum atomic E-state index is -0.600. The number of hydrogen-bond donors (Lipinski definition) is 1. The quantitative estimate of drug-likeness (QED) is 0.413. The molecule has 0 atom stereocenters. The van der Waals surface area contributed by atoms with Gasteiger partial charge in [0, 0.05) is 31.4 Å². The minimum Gasteiger partial charge on any atom is -0.484 e. The van der Waals surface area contributed by atoms with Crippen LogP contribution in [0.2, 0.25) is 0 Å². The second-order valence-corrected chi connectivity index (χ2v) is 8.94. The van der Waals surface area contributed by atoms with E-state index in [0.29, 0.717) is 11.5 Å². The van der Waals surface area contributed by atoms with Gasteiger partial charge in [0.2, 0.25) is 5.91 Å². The highest BCUT2D eigenvalue weighted by atomic mass is 35.5. The van der Waals surface area contributed by atoms with Gasteiger partial charge in [-0.05, 0) is 79.5 Å². The Balaban J connectivity index is 0.00000274. The van der Waals surface area contributed by atoms with Gasteiger partial charge in [0.15, 0.2) is 11.6 Å². The highest BCUT2D eigenvalue weighted by Crippen LogP contribution is 2.35. The zero-order chi connectivity index (χ0) is 22.9. The maximum absolute atomic E-state index is 14.2. The Hall–Kier alpha value is -3.06. The van der Waals surface area contributed by atoms with E-state index in [-0.39, 0.29) is 36.1 Å². The molecule has 0 radical (unpaired) electrons. The number of nitrogens with zero attached hydrogens (tertiary/aromatic N) is 2. The lowest BCUT2D eigenvalue weighted by molar-refractivity contribution is 0.0999. The van der Waals surface area contributed by atoms with Crippen LogP contribution in [-0.4, -0.2) is 35.1 Å². The number of unbranched alkanes of at least 4 members (excludes halogenated alkanes) is 1. The molecule has 2 aromatic carbocycles. The summed E-state index contributed by atoms with van der Waals surface area (Å²) in [5, 5.41) is 1.03.